The number of aliphatic carboxylic acids is 1. The maximum Gasteiger partial charge on any atom is 0.353 e. The molecule has 0 spiro atoms. The molecule has 0 aromatic rings. The van der Waals surface area contributed by atoms with Gasteiger partial charge in [-0.15, -0.1) is 0 Å². The van der Waals surface area contributed by atoms with Gasteiger partial charge in [0.05, 0.1) is 5.41 Å². The lowest BCUT2D eigenvalue weighted by Gasteiger charge is -1.97. The topological polar surface area (TPSA) is 95.8 Å². The van der Waals surface area contributed by atoms with Gasteiger partial charge >= 0.3 is 5.97 Å². The Morgan fingerprint density at radius 1 is 1.69 bits per heavy atom. The van der Waals surface area contributed by atoms with Crippen molar-refractivity contribution >= 4 is 21.0 Å². The monoisotopic (exact) mass is 204 g/mol. The van der Waals surface area contributed by atoms with E-state index < -0.39 is 15.8 Å². The van der Waals surface area contributed by atoms with Crippen LogP contribution in [-0.4, -0.2) is 31.2 Å². The van der Waals surface area contributed by atoms with Crippen molar-refractivity contribution < 1.29 is 18.3 Å². The largest absolute Gasteiger partial charge is 0.477 e. The third-order valence-electron chi connectivity index (χ3n) is 1.32. The summed E-state index contributed by atoms with van der Waals surface area (Å²) in [6.45, 7) is 1.94. The fraction of sp³-hybridized carbons (Fsp3) is 0.333. The number of hydrogen-bond acceptors (Lipinski definition) is 4. The van der Waals surface area contributed by atoms with Crippen molar-refractivity contribution in [2.75, 3.05) is 6.54 Å². The first-order chi connectivity index (χ1) is 5.97. The van der Waals surface area contributed by atoms with Gasteiger partial charge in [-0.3, -0.25) is 4.99 Å². The first kappa shape index (κ1) is 9.72. The second-order valence-electron chi connectivity index (χ2n) is 2.29. The van der Waals surface area contributed by atoms with Gasteiger partial charge in [0.15, 0.2) is 0 Å². The van der Waals surface area contributed by atoms with Crippen molar-refractivity contribution in [2.45, 2.75) is 6.92 Å². The summed E-state index contributed by atoms with van der Waals surface area (Å²) in [7, 11) is -3.65. The van der Waals surface area contributed by atoms with E-state index in [2.05, 4.69) is 10.3 Å². The molecule has 13 heavy (non-hydrogen) atoms. The number of carbonyl (C=O) groups is 1. The van der Waals surface area contributed by atoms with Crippen LogP contribution in [0.4, 0.5) is 0 Å². The number of carboxylic acids is 1. The number of hydrogen-bond donors (Lipinski definition) is 2. The Labute approximate surface area is 74.9 Å². The number of carboxylic acid groups (broad SMARTS) is 1. The lowest BCUT2D eigenvalue weighted by molar-refractivity contribution is -0.132. The summed E-state index contributed by atoms with van der Waals surface area (Å²) >= 11 is 0. The van der Waals surface area contributed by atoms with Crippen LogP contribution in [0.5, 0.6) is 0 Å². The van der Waals surface area contributed by atoms with E-state index in [1.54, 1.807) is 6.92 Å². The predicted octanol–water partition coefficient (Wildman–Crippen LogP) is -0.694. The molecule has 0 radical (unpaired) electrons. The van der Waals surface area contributed by atoms with Gasteiger partial charge in [0.1, 0.15) is 5.70 Å². The molecule has 0 saturated heterocycles. The lowest BCUT2D eigenvalue weighted by atomic mass is 10.5. The van der Waals surface area contributed by atoms with Crippen LogP contribution in [0.3, 0.4) is 0 Å². The Morgan fingerprint density at radius 3 is 2.69 bits per heavy atom. The van der Waals surface area contributed by atoms with Crippen molar-refractivity contribution in [3.8, 4) is 0 Å². The number of sulfone groups is 1. The highest BCUT2D eigenvalue weighted by molar-refractivity contribution is 8.09. The van der Waals surface area contributed by atoms with Gasteiger partial charge in [-0.05, 0) is 6.92 Å². The summed E-state index contributed by atoms with van der Waals surface area (Å²) in [6.07, 6.45) is 0. The molecule has 0 bridgehead atoms. The zero-order valence-corrected chi connectivity index (χ0v) is 7.63. The van der Waals surface area contributed by atoms with Crippen molar-refractivity contribution in [2.24, 2.45) is 4.99 Å². The van der Waals surface area contributed by atoms with Crippen LogP contribution < -0.4 is 5.32 Å². The Hall–Kier alpha value is -1.37. The van der Waals surface area contributed by atoms with Gasteiger partial charge in [-0.2, -0.15) is 0 Å². The zero-order valence-electron chi connectivity index (χ0n) is 6.81. The van der Waals surface area contributed by atoms with Crippen molar-refractivity contribution in [3.63, 3.8) is 0 Å². The third-order valence-corrected chi connectivity index (χ3v) is 2.63. The van der Waals surface area contributed by atoms with Crippen LogP contribution in [0.2, 0.25) is 0 Å². The average Bonchev–Trinajstić information content (AvgIpc) is 2.28. The van der Waals surface area contributed by atoms with E-state index in [-0.39, 0.29) is 17.4 Å². The SMILES string of the molecule is CCN=C1NC(C(=O)O)=CS1(=O)=O. The molecule has 6 nitrogen and oxygen atoms in total. The van der Waals surface area contributed by atoms with Crippen molar-refractivity contribution in [1.29, 1.82) is 0 Å². The van der Waals surface area contributed by atoms with Crippen molar-refractivity contribution in [1.82, 2.24) is 5.32 Å². The summed E-state index contributed by atoms with van der Waals surface area (Å²) in [5.74, 6) is -1.31. The summed E-state index contributed by atoms with van der Waals surface area (Å²) in [4.78, 5) is 14.0. The van der Waals surface area contributed by atoms with E-state index in [0.717, 1.165) is 0 Å². The van der Waals surface area contributed by atoms with Gasteiger partial charge in [-0.1, -0.05) is 0 Å². The fourth-order valence-electron chi connectivity index (χ4n) is 0.804. The van der Waals surface area contributed by atoms with E-state index in [9.17, 15) is 13.2 Å². The predicted molar refractivity (Wildman–Crippen MR) is 45.8 cm³/mol. The van der Waals surface area contributed by atoms with Gasteiger partial charge in [0.25, 0.3) is 0 Å². The molecular weight excluding hydrogens is 196 g/mol. The Morgan fingerprint density at radius 2 is 2.31 bits per heavy atom. The van der Waals surface area contributed by atoms with Crippen LogP contribution in [-0.2, 0) is 14.6 Å². The van der Waals surface area contributed by atoms with Crippen LogP contribution in [0.15, 0.2) is 16.1 Å². The van der Waals surface area contributed by atoms with E-state index in [1.165, 1.54) is 0 Å². The molecule has 72 valence electrons. The Bertz CT molecular complexity index is 393. The van der Waals surface area contributed by atoms with Crippen LogP contribution in [0, 0.1) is 0 Å². The molecule has 0 aromatic heterocycles. The summed E-state index contributed by atoms with van der Waals surface area (Å²) in [5, 5.41) is 11.0. The first-order valence-electron chi connectivity index (χ1n) is 3.49. The molecule has 7 heteroatoms. The smallest absolute Gasteiger partial charge is 0.353 e. The fourth-order valence-corrected chi connectivity index (χ4v) is 1.95. The molecule has 0 amide bonds. The number of aliphatic imine (C=N–C) groups is 1. The molecule has 1 rings (SSSR count). The van der Waals surface area contributed by atoms with E-state index in [1.807, 2.05) is 0 Å². The third kappa shape index (κ3) is 1.86. The van der Waals surface area contributed by atoms with Gasteiger partial charge in [0.2, 0.25) is 15.0 Å². The van der Waals surface area contributed by atoms with Crippen LogP contribution >= 0.6 is 0 Å². The summed E-state index contributed by atoms with van der Waals surface area (Å²) < 4.78 is 22.3. The highest BCUT2D eigenvalue weighted by atomic mass is 32.2. The molecule has 1 heterocycles. The molecule has 0 fully saturated rings. The summed E-state index contributed by atoms with van der Waals surface area (Å²) in [5.41, 5.74) is -0.368. The van der Waals surface area contributed by atoms with E-state index in [4.69, 9.17) is 5.11 Å². The highest BCUT2D eigenvalue weighted by Gasteiger charge is 2.29. The normalized spacial score (nSPS) is 22.5. The Balaban J connectivity index is 3.08. The van der Waals surface area contributed by atoms with Gasteiger partial charge < -0.3 is 10.4 Å². The van der Waals surface area contributed by atoms with E-state index >= 15 is 0 Å². The zero-order chi connectivity index (χ0) is 10.1. The minimum absolute atomic E-state index is 0.280. The van der Waals surface area contributed by atoms with Gasteiger partial charge in [0, 0.05) is 6.54 Å². The molecule has 0 saturated carbocycles. The number of rotatable bonds is 2. The lowest BCUT2D eigenvalue weighted by Crippen LogP contribution is -2.25. The average molecular weight is 204 g/mol. The van der Waals surface area contributed by atoms with Crippen LogP contribution in [0.25, 0.3) is 0 Å². The number of nitrogens with zero attached hydrogens (tertiary/aromatic N) is 1. The molecule has 0 aliphatic carbocycles. The number of nitrogens with one attached hydrogen (secondary N) is 1. The molecule has 0 atom stereocenters. The van der Waals surface area contributed by atoms with Crippen molar-refractivity contribution in [3.05, 3.63) is 11.1 Å². The standard InChI is InChI=1S/C6H8N2O4S/c1-2-7-6-8-4(5(9)10)3-13(6,11)12/h3H,2H2,1H3,(H,7,8)(H,9,10). The highest BCUT2D eigenvalue weighted by Crippen LogP contribution is 2.09. The minimum atomic E-state index is -3.65. The Kier molecular flexibility index (Phi) is 2.37. The molecule has 1 aliphatic heterocycles. The maximum absolute atomic E-state index is 11.1. The molecule has 0 unspecified atom stereocenters. The summed E-state index contributed by atoms with van der Waals surface area (Å²) in [6, 6.07) is 0. The molecular formula is C6H8N2O4S. The second-order valence-corrected chi connectivity index (χ2v) is 4.00. The molecule has 1 aliphatic rings. The second kappa shape index (κ2) is 3.17. The molecule has 0 aromatic carbocycles. The maximum atomic E-state index is 11.1. The minimum Gasteiger partial charge on any atom is -0.477 e. The van der Waals surface area contributed by atoms with Gasteiger partial charge in [-0.25, -0.2) is 13.2 Å². The number of amidine groups is 1. The van der Waals surface area contributed by atoms with E-state index in [0.29, 0.717) is 5.41 Å². The first-order valence-corrected chi connectivity index (χ1v) is 5.03. The van der Waals surface area contributed by atoms with Crippen LogP contribution in [0.1, 0.15) is 6.92 Å². The molecule has 2 N–H and O–H groups in total. The quantitative estimate of drug-likeness (QED) is 0.620.